The number of hydrogen-bond acceptors (Lipinski definition) is 2. The van der Waals surface area contributed by atoms with Gasteiger partial charge < -0.3 is 5.11 Å². The second-order valence-corrected chi connectivity index (χ2v) is 4.81. The maximum absolute atomic E-state index is 10.9. The van der Waals surface area contributed by atoms with Gasteiger partial charge in [-0.2, -0.15) is 0 Å². The van der Waals surface area contributed by atoms with E-state index in [9.17, 15) is 9.90 Å². The van der Waals surface area contributed by atoms with E-state index >= 15 is 0 Å². The molecule has 0 saturated carbocycles. The summed E-state index contributed by atoms with van der Waals surface area (Å²) in [6.07, 6.45) is 10.7. The van der Waals surface area contributed by atoms with Crippen LogP contribution in [0, 0.1) is 0 Å². The Labute approximate surface area is 104 Å². The van der Waals surface area contributed by atoms with Crippen LogP contribution < -0.4 is 0 Å². The fourth-order valence-electron chi connectivity index (χ4n) is 2.03. The van der Waals surface area contributed by atoms with E-state index in [2.05, 4.69) is 19.1 Å². The Hall–Kier alpha value is -1.15. The molecule has 1 atom stereocenters. The van der Waals surface area contributed by atoms with Crippen LogP contribution in [0.15, 0.2) is 34.9 Å². The monoisotopic (exact) mass is 234 g/mol. The van der Waals surface area contributed by atoms with E-state index in [1.54, 1.807) is 6.08 Å². The van der Waals surface area contributed by atoms with Gasteiger partial charge in [0.25, 0.3) is 0 Å². The molecule has 1 N–H and O–H groups in total. The Morgan fingerprint density at radius 3 is 2.53 bits per heavy atom. The minimum atomic E-state index is -0.532. The van der Waals surface area contributed by atoms with Crippen LogP contribution in [0.4, 0.5) is 0 Å². The van der Waals surface area contributed by atoms with Crippen molar-refractivity contribution >= 4 is 6.29 Å². The number of aliphatic hydroxyl groups excluding tert-OH is 1. The molecule has 0 radical (unpaired) electrons. The lowest BCUT2D eigenvalue weighted by Gasteiger charge is -2.09. The van der Waals surface area contributed by atoms with E-state index in [0.717, 1.165) is 32.0 Å². The number of aliphatic hydroxyl groups is 1. The van der Waals surface area contributed by atoms with E-state index < -0.39 is 6.10 Å². The number of carbonyl (C=O) groups is 1. The van der Waals surface area contributed by atoms with Gasteiger partial charge >= 0.3 is 0 Å². The van der Waals surface area contributed by atoms with Crippen molar-refractivity contribution < 1.29 is 9.90 Å². The molecule has 1 aliphatic carbocycles. The molecule has 0 bridgehead atoms. The molecule has 2 nitrogen and oxygen atoms in total. The smallest absolute Gasteiger partial charge is 0.145 e. The van der Waals surface area contributed by atoms with Gasteiger partial charge in [0.2, 0.25) is 0 Å². The average Bonchev–Trinajstić information content (AvgIpc) is 2.26. The summed E-state index contributed by atoms with van der Waals surface area (Å²) in [4.78, 5) is 10.9. The van der Waals surface area contributed by atoms with E-state index in [1.165, 1.54) is 11.1 Å². The Morgan fingerprint density at radius 1 is 1.18 bits per heavy atom. The lowest BCUT2D eigenvalue weighted by Crippen LogP contribution is -2.05. The third-order valence-corrected chi connectivity index (χ3v) is 3.05. The molecule has 0 fully saturated rings. The summed E-state index contributed by atoms with van der Waals surface area (Å²) in [5.41, 5.74) is 3.27. The molecule has 1 rings (SSSR count). The van der Waals surface area contributed by atoms with Crippen LogP contribution in [0.25, 0.3) is 0 Å². The minimum Gasteiger partial charge on any atom is -0.389 e. The van der Waals surface area contributed by atoms with Gasteiger partial charge in [-0.05, 0) is 57.6 Å². The number of allylic oxidation sites excluding steroid dienone is 4. The zero-order chi connectivity index (χ0) is 12.7. The molecule has 1 aliphatic rings. The molecular formula is C15H22O2. The first-order valence-corrected chi connectivity index (χ1v) is 6.27. The fraction of sp³-hybridized carbons (Fsp3) is 0.533. The fourth-order valence-corrected chi connectivity index (χ4v) is 2.03. The summed E-state index contributed by atoms with van der Waals surface area (Å²) in [5.74, 6) is 0. The molecule has 0 spiro atoms. The van der Waals surface area contributed by atoms with Crippen LogP contribution in [-0.4, -0.2) is 17.5 Å². The lowest BCUT2D eigenvalue weighted by molar-refractivity contribution is -0.105. The topological polar surface area (TPSA) is 37.3 Å². The summed E-state index contributed by atoms with van der Waals surface area (Å²) in [5, 5.41) is 9.83. The molecule has 0 saturated heterocycles. The summed E-state index contributed by atoms with van der Waals surface area (Å²) in [7, 11) is 0. The summed E-state index contributed by atoms with van der Waals surface area (Å²) in [6.45, 7) is 4.16. The first kappa shape index (κ1) is 13.9. The van der Waals surface area contributed by atoms with Crippen LogP contribution in [0.2, 0.25) is 0 Å². The second-order valence-electron chi connectivity index (χ2n) is 4.81. The largest absolute Gasteiger partial charge is 0.389 e. The predicted molar refractivity (Wildman–Crippen MR) is 70.8 cm³/mol. The van der Waals surface area contributed by atoms with Crippen molar-refractivity contribution in [1.82, 2.24) is 0 Å². The highest BCUT2D eigenvalue weighted by molar-refractivity contribution is 5.73. The van der Waals surface area contributed by atoms with Crippen molar-refractivity contribution in [3.63, 3.8) is 0 Å². The number of rotatable bonds is 1. The number of aldehydes is 1. The van der Waals surface area contributed by atoms with E-state index in [-0.39, 0.29) is 0 Å². The van der Waals surface area contributed by atoms with E-state index in [1.807, 2.05) is 6.92 Å². The van der Waals surface area contributed by atoms with Crippen molar-refractivity contribution in [3.05, 3.63) is 34.9 Å². The average molecular weight is 234 g/mol. The van der Waals surface area contributed by atoms with Crippen LogP contribution in [-0.2, 0) is 4.79 Å². The Bertz CT molecular complexity index is 348. The molecule has 17 heavy (non-hydrogen) atoms. The Kier molecular flexibility index (Phi) is 5.92. The highest BCUT2D eigenvalue weighted by Gasteiger charge is 2.05. The Morgan fingerprint density at radius 2 is 1.82 bits per heavy atom. The van der Waals surface area contributed by atoms with Crippen molar-refractivity contribution in [2.45, 2.75) is 52.1 Å². The van der Waals surface area contributed by atoms with Gasteiger partial charge in [-0.25, -0.2) is 0 Å². The molecule has 0 unspecified atom stereocenters. The molecule has 0 aromatic carbocycles. The summed E-state index contributed by atoms with van der Waals surface area (Å²) < 4.78 is 0. The van der Waals surface area contributed by atoms with Crippen molar-refractivity contribution in [3.8, 4) is 0 Å². The van der Waals surface area contributed by atoms with Gasteiger partial charge in [0.1, 0.15) is 6.29 Å². The van der Waals surface area contributed by atoms with Crippen molar-refractivity contribution in [1.29, 1.82) is 0 Å². The maximum Gasteiger partial charge on any atom is 0.145 e. The minimum absolute atomic E-state index is 0.532. The van der Waals surface area contributed by atoms with Crippen molar-refractivity contribution in [2.75, 3.05) is 0 Å². The first-order valence-electron chi connectivity index (χ1n) is 6.27. The van der Waals surface area contributed by atoms with Crippen molar-refractivity contribution in [2.24, 2.45) is 0 Å². The van der Waals surface area contributed by atoms with Gasteiger partial charge in [0.15, 0.2) is 0 Å². The quantitative estimate of drug-likeness (QED) is 0.558. The highest BCUT2D eigenvalue weighted by atomic mass is 16.3. The molecule has 0 heterocycles. The highest BCUT2D eigenvalue weighted by Crippen LogP contribution is 2.16. The molecule has 0 aliphatic heterocycles. The van der Waals surface area contributed by atoms with Gasteiger partial charge in [-0.15, -0.1) is 0 Å². The number of carbonyl (C=O) groups excluding carboxylic acids is 1. The second kappa shape index (κ2) is 7.23. The molecule has 0 amide bonds. The molecule has 94 valence electrons. The normalized spacial score (nSPS) is 23.7. The standard InChI is InChI=1S/C15H22O2/c1-12-5-3-7-13(2)9-15(17)10-14(11-16)8-4-6-12/h6-7,10-11,15,17H,3-5,8-9H2,1-2H3/t15-/m0/s1. The molecule has 2 heteroatoms. The van der Waals surface area contributed by atoms with Gasteiger partial charge in [0, 0.05) is 0 Å². The SMILES string of the molecule is CC1=CCCC(C=O)=C[C@@H](O)CC(C)=CCC1. The zero-order valence-electron chi connectivity index (χ0n) is 10.8. The van der Waals surface area contributed by atoms with Crippen LogP contribution in [0.3, 0.4) is 0 Å². The molecule has 0 aromatic rings. The summed E-state index contributed by atoms with van der Waals surface area (Å²) in [6, 6.07) is 0. The first-order chi connectivity index (χ1) is 8.11. The van der Waals surface area contributed by atoms with Crippen LogP contribution >= 0.6 is 0 Å². The molecule has 0 aromatic heterocycles. The van der Waals surface area contributed by atoms with E-state index in [4.69, 9.17) is 0 Å². The van der Waals surface area contributed by atoms with E-state index in [0.29, 0.717) is 12.0 Å². The Balaban J connectivity index is 2.82. The predicted octanol–water partition coefficient (Wildman–Crippen LogP) is 3.33. The van der Waals surface area contributed by atoms with Gasteiger partial charge in [0.05, 0.1) is 6.10 Å². The number of hydrogen-bond donors (Lipinski definition) is 1. The van der Waals surface area contributed by atoms with Crippen LogP contribution in [0.5, 0.6) is 0 Å². The van der Waals surface area contributed by atoms with Gasteiger partial charge in [-0.1, -0.05) is 23.3 Å². The third-order valence-electron chi connectivity index (χ3n) is 3.05. The zero-order valence-corrected chi connectivity index (χ0v) is 10.8. The van der Waals surface area contributed by atoms with Gasteiger partial charge in [-0.3, -0.25) is 4.79 Å². The maximum atomic E-state index is 10.9. The lowest BCUT2D eigenvalue weighted by atomic mass is 10.0. The third kappa shape index (κ3) is 5.64. The summed E-state index contributed by atoms with van der Waals surface area (Å²) >= 11 is 0. The van der Waals surface area contributed by atoms with Crippen LogP contribution in [0.1, 0.15) is 46.0 Å². The molecular weight excluding hydrogens is 212 g/mol.